The summed E-state index contributed by atoms with van der Waals surface area (Å²) in [7, 11) is 3.67. The van der Waals surface area contributed by atoms with Crippen molar-refractivity contribution in [3.63, 3.8) is 0 Å². The van der Waals surface area contributed by atoms with E-state index in [1.807, 2.05) is 14.1 Å². The van der Waals surface area contributed by atoms with Gasteiger partial charge in [-0.3, -0.25) is 9.59 Å². The minimum atomic E-state index is -1.29. The smallest absolute Gasteiger partial charge is 0.317 e. The largest absolute Gasteiger partial charge is 0.448 e. The molecule has 1 aromatic carbocycles. The van der Waals surface area contributed by atoms with Crippen molar-refractivity contribution < 1.29 is 28.2 Å². The number of ether oxygens (including phenoxy) is 3. The van der Waals surface area contributed by atoms with Gasteiger partial charge in [0.2, 0.25) is 12.2 Å². The zero-order valence-corrected chi connectivity index (χ0v) is 22.8. The van der Waals surface area contributed by atoms with Crippen molar-refractivity contribution in [1.82, 2.24) is 19.9 Å². The highest BCUT2D eigenvalue weighted by Gasteiger charge is 2.48. The molecule has 212 valence electrons. The summed E-state index contributed by atoms with van der Waals surface area (Å²) in [4.78, 5) is 44.1. The maximum absolute atomic E-state index is 13.7. The van der Waals surface area contributed by atoms with Gasteiger partial charge in [-0.15, -0.1) is 0 Å². The Hall–Kier alpha value is -3.90. The lowest BCUT2D eigenvalue weighted by Crippen LogP contribution is -2.53. The van der Waals surface area contributed by atoms with E-state index in [9.17, 15) is 14.0 Å². The van der Waals surface area contributed by atoms with Gasteiger partial charge < -0.3 is 29.8 Å². The summed E-state index contributed by atoms with van der Waals surface area (Å²) in [6.07, 6.45) is 4.05. The van der Waals surface area contributed by atoms with E-state index in [4.69, 9.17) is 24.9 Å². The molecule has 2 aliphatic rings. The second kappa shape index (κ2) is 10.9. The first-order valence-electron chi connectivity index (χ1n) is 13.2. The number of amides is 1. The number of halogens is 1. The van der Waals surface area contributed by atoms with E-state index in [0.717, 1.165) is 19.3 Å². The van der Waals surface area contributed by atoms with Gasteiger partial charge in [0.05, 0.1) is 30.3 Å². The molecule has 3 N–H and O–H groups in total. The first kappa shape index (κ1) is 27.7. The molecule has 2 fully saturated rings. The van der Waals surface area contributed by atoms with Gasteiger partial charge in [-0.25, -0.2) is 19.3 Å². The number of hydrogen-bond acceptors (Lipinski definition) is 9. The normalized spacial score (nSPS) is 22.4. The number of H-pyrrole nitrogens is 1. The van der Waals surface area contributed by atoms with Gasteiger partial charge in [-0.1, -0.05) is 6.42 Å². The molecule has 1 saturated heterocycles. The summed E-state index contributed by atoms with van der Waals surface area (Å²) < 4.78 is 31.4. The summed E-state index contributed by atoms with van der Waals surface area (Å²) in [5.41, 5.74) is 5.55. The fourth-order valence-electron chi connectivity index (χ4n) is 4.92. The molecular weight excluding hydrogens is 519 g/mol. The molecule has 1 saturated carbocycles. The van der Waals surface area contributed by atoms with Crippen LogP contribution in [-0.4, -0.2) is 64.7 Å². The molecule has 1 aliphatic carbocycles. The first-order valence-corrected chi connectivity index (χ1v) is 13.2. The molecule has 2 aromatic heterocycles. The van der Waals surface area contributed by atoms with Crippen molar-refractivity contribution in [2.24, 2.45) is 11.1 Å². The van der Waals surface area contributed by atoms with Crippen LogP contribution < -0.4 is 10.6 Å². The number of anilines is 1. The van der Waals surface area contributed by atoms with Gasteiger partial charge in [0.25, 0.3) is 5.91 Å². The standard InChI is InChI=1S/C28H33FN6O5/c1-27(25(37)40-28(24(30)36)12-5-4-6-13-28)15-38-23(39-16-27)22-33-20(17-7-9-18(29)10-8-17)21(34-22)19-11-14-31-26(32-19)35(2)3/h7-11,14,23H,4-6,12-13,15-16H2,1-3H3,(H2,30,36)(H,33,34). The Bertz CT molecular complexity index is 1380. The average molecular weight is 553 g/mol. The lowest BCUT2D eigenvalue weighted by atomic mass is 9.83. The SMILES string of the molecule is CN(C)c1nccc(-c2[nH]c(C3OCC(C)(C(=O)OC4(C(N)=O)CCCCC4)CO3)nc2-c2ccc(F)cc2)n1. The predicted molar refractivity (Wildman–Crippen MR) is 143 cm³/mol. The number of carbonyl (C=O) groups excluding carboxylic acids is 2. The Morgan fingerprint density at radius 1 is 1.07 bits per heavy atom. The number of nitrogens with two attached hydrogens (primary N) is 1. The van der Waals surface area contributed by atoms with Gasteiger partial charge in [0.1, 0.15) is 11.2 Å². The number of hydrogen-bond donors (Lipinski definition) is 2. The Kier molecular flexibility index (Phi) is 7.56. The molecule has 0 atom stereocenters. The van der Waals surface area contributed by atoms with Gasteiger partial charge in [0.15, 0.2) is 11.4 Å². The molecule has 3 heterocycles. The highest BCUT2D eigenvalue weighted by atomic mass is 19.1. The van der Waals surface area contributed by atoms with Gasteiger partial charge in [-0.2, -0.15) is 0 Å². The number of nitrogens with one attached hydrogen (secondary N) is 1. The topological polar surface area (TPSA) is 146 Å². The van der Waals surface area contributed by atoms with Crippen molar-refractivity contribution in [2.75, 3.05) is 32.2 Å². The quantitative estimate of drug-likeness (QED) is 0.420. The van der Waals surface area contributed by atoms with Crippen LogP contribution in [0.3, 0.4) is 0 Å². The maximum atomic E-state index is 13.7. The molecule has 12 heteroatoms. The Morgan fingerprint density at radius 2 is 1.75 bits per heavy atom. The van der Waals surface area contributed by atoms with Crippen LogP contribution in [0.4, 0.5) is 10.3 Å². The molecule has 3 aromatic rings. The number of primary amides is 1. The van der Waals surface area contributed by atoms with E-state index in [1.165, 1.54) is 12.1 Å². The van der Waals surface area contributed by atoms with E-state index in [2.05, 4.69) is 15.0 Å². The van der Waals surface area contributed by atoms with Crippen LogP contribution >= 0.6 is 0 Å². The first-order chi connectivity index (χ1) is 19.1. The third-order valence-corrected chi connectivity index (χ3v) is 7.36. The third kappa shape index (κ3) is 5.41. The van der Waals surface area contributed by atoms with E-state index >= 15 is 0 Å². The maximum Gasteiger partial charge on any atom is 0.317 e. The van der Waals surface area contributed by atoms with Crippen LogP contribution in [0.15, 0.2) is 36.5 Å². The molecule has 0 bridgehead atoms. The van der Waals surface area contributed by atoms with Crippen molar-refractivity contribution in [2.45, 2.75) is 50.9 Å². The highest BCUT2D eigenvalue weighted by molar-refractivity contribution is 5.88. The molecule has 0 unspecified atom stereocenters. The van der Waals surface area contributed by atoms with Crippen LogP contribution in [-0.2, 0) is 23.8 Å². The number of benzene rings is 1. The van der Waals surface area contributed by atoms with E-state index in [0.29, 0.717) is 47.3 Å². The minimum absolute atomic E-state index is 0.0223. The number of esters is 1. The Labute approximate surface area is 231 Å². The van der Waals surface area contributed by atoms with E-state index in [-0.39, 0.29) is 19.0 Å². The summed E-state index contributed by atoms with van der Waals surface area (Å²) in [5, 5.41) is 0. The van der Waals surface area contributed by atoms with Crippen LogP contribution in [0, 0.1) is 11.2 Å². The van der Waals surface area contributed by atoms with Gasteiger partial charge >= 0.3 is 5.97 Å². The Balaban J connectivity index is 1.38. The molecule has 1 amide bonds. The highest BCUT2D eigenvalue weighted by Crippen LogP contribution is 2.38. The Morgan fingerprint density at radius 3 is 2.38 bits per heavy atom. The number of aromatic amines is 1. The number of carbonyl (C=O) groups is 2. The third-order valence-electron chi connectivity index (χ3n) is 7.36. The zero-order valence-electron chi connectivity index (χ0n) is 22.8. The molecular formula is C28H33FN6O5. The zero-order chi connectivity index (χ0) is 28.5. The molecule has 0 spiro atoms. The van der Waals surface area contributed by atoms with Gasteiger partial charge in [-0.05, 0) is 62.9 Å². The van der Waals surface area contributed by atoms with Crippen LogP contribution in [0.2, 0.25) is 0 Å². The van der Waals surface area contributed by atoms with Crippen molar-refractivity contribution >= 4 is 17.8 Å². The molecule has 40 heavy (non-hydrogen) atoms. The predicted octanol–water partition coefficient (Wildman–Crippen LogP) is 3.52. The molecule has 1 aliphatic heterocycles. The summed E-state index contributed by atoms with van der Waals surface area (Å²) >= 11 is 0. The second-order valence-electron chi connectivity index (χ2n) is 10.8. The molecule has 5 rings (SSSR count). The van der Waals surface area contributed by atoms with Crippen LogP contribution in [0.1, 0.15) is 51.1 Å². The summed E-state index contributed by atoms with van der Waals surface area (Å²) in [5.74, 6) is -0.718. The lowest BCUT2D eigenvalue weighted by molar-refractivity contribution is -0.243. The fourth-order valence-corrected chi connectivity index (χ4v) is 4.92. The average Bonchev–Trinajstić information content (AvgIpc) is 3.40. The van der Waals surface area contributed by atoms with E-state index in [1.54, 1.807) is 36.2 Å². The number of aromatic nitrogens is 4. The number of nitrogens with zero attached hydrogens (tertiary/aromatic N) is 4. The lowest BCUT2D eigenvalue weighted by Gasteiger charge is -2.39. The van der Waals surface area contributed by atoms with Crippen molar-refractivity contribution in [1.29, 1.82) is 0 Å². The summed E-state index contributed by atoms with van der Waals surface area (Å²) in [6.45, 7) is 1.63. The van der Waals surface area contributed by atoms with Crippen LogP contribution in [0.25, 0.3) is 22.6 Å². The van der Waals surface area contributed by atoms with Crippen molar-refractivity contribution in [3.05, 3.63) is 48.2 Å². The van der Waals surface area contributed by atoms with E-state index < -0.39 is 29.2 Å². The van der Waals surface area contributed by atoms with Gasteiger partial charge in [0, 0.05) is 25.9 Å². The second-order valence-corrected chi connectivity index (χ2v) is 10.8. The number of imidazole rings is 1. The fraction of sp³-hybridized carbons (Fsp3) is 0.464. The monoisotopic (exact) mass is 552 g/mol. The summed E-state index contributed by atoms with van der Waals surface area (Å²) in [6, 6.07) is 7.71. The number of rotatable bonds is 7. The molecule has 11 nitrogen and oxygen atoms in total. The van der Waals surface area contributed by atoms with Crippen molar-refractivity contribution in [3.8, 4) is 22.6 Å². The minimum Gasteiger partial charge on any atom is -0.448 e. The molecule has 0 radical (unpaired) electrons. The van der Waals surface area contributed by atoms with Crippen LogP contribution in [0.5, 0.6) is 0 Å².